The van der Waals surface area contributed by atoms with E-state index in [-0.39, 0.29) is 82.3 Å². The zero-order valence-electron chi connectivity index (χ0n) is 3.48. The minimum atomic E-state index is 0. The van der Waals surface area contributed by atoms with Gasteiger partial charge in [-0.25, -0.2) is 0 Å². The van der Waals surface area contributed by atoms with Crippen molar-refractivity contribution in [3.05, 3.63) is 0 Å². The minimum Gasteiger partial charge on any atom is -1.00 e. The molecule has 0 heterocycles. The van der Waals surface area contributed by atoms with Crippen LogP contribution in [-0.2, 0) is 4.70 Å². The third-order valence-electron chi connectivity index (χ3n) is 0. The van der Waals surface area contributed by atoms with E-state index < -0.39 is 0 Å². The van der Waals surface area contributed by atoms with Crippen LogP contribution < -0.4 is 69.9 Å². The summed E-state index contributed by atoms with van der Waals surface area (Å²) in [6.45, 7) is 0. The molecular formula is H4BCl2KNO. The Morgan fingerprint density at radius 1 is 1.17 bits per heavy atom. The first-order valence-electron chi connectivity index (χ1n) is 0.236. The van der Waals surface area contributed by atoms with E-state index in [0.29, 0.717) is 0 Å². The van der Waals surface area contributed by atoms with Crippen LogP contribution in [0.25, 0.3) is 0 Å². The Morgan fingerprint density at radius 2 is 1.17 bits per heavy atom. The molecule has 6 heteroatoms. The summed E-state index contributed by atoms with van der Waals surface area (Å²) in [4.78, 5) is 0. The Labute approximate surface area is 93.1 Å². The van der Waals surface area contributed by atoms with Gasteiger partial charge in [0.25, 0.3) is 0 Å². The second-order valence-electron chi connectivity index (χ2n) is 0. The molecule has 1 radical (unpaired) electrons. The van der Waals surface area contributed by atoms with Crippen LogP contribution in [0.4, 0.5) is 0 Å². The molecule has 2 nitrogen and oxygen atoms in total. The van der Waals surface area contributed by atoms with Gasteiger partial charge >= 0.3 is 63.8 Å². The van der Waals surface area contributed by atoms with E-state index in [4.69, 9.17) is 4.70 Å². The Morgan fingerprint density at radius 3 is 1.17 bits per heavy atom. The van der Waals surface area contributed by atoms with E-state index in [9.17, 15) is 0 Å². The van der Waals surface area contributed by atoms with E-state index in [0.717, 1.165) is 0 Å². The molecule has 0 saturated carbocycles. The summed E-state index contributed by atoms with van der Waals surface area (Å²) in [7, 11) is 3.25. The summed E-state index contributed by atoms with van der Waals surface area (Å²) in [6, 6.07) is 0. The quantitative estimate of drug-likeness (QED) is 0.354. The third-order valence-corrected chi connectivity index (χ3v) is 0. The van der Waals surface area contributed by atoms with Crippen molar-refractivity contribution < 1.29 is 68.5 Å². The van der Waals surface area contributed by atoms with Gasteiger partial charge in [-0.1, -0.05) is 0 Å². The molecule has 0 aromatic rings. The first-order chi connectivity index (χ1) is 1.00. The summed E-state index contributed by atoms with van der Waals surface area (Å²) < 4.78 is 7.75. The molecular weight excluding hydrogens is 151 g/mol. The van der Waals surface area contributed by atoms with Crippen molar-refractivity contribution in [3.63, 3.8) is 0 Å². The Balaban J connectivity index is -0.000000000833. The molecule has 0 atom stereocenters. The third kappa shape index (κ3) is 36.8. The van der Waals surface area contributed by atoms with Crippen molar-refractivity contribution in [1.82, 2.24) is 6.15 Å². The van der Waals surface area contributed by atoms with E-state index in [1.54, 1.807) is 0 Å². The molecule has 0 aliphatic rings. The van der Waals surface area contributed by atoms with Gasteiger partial charge in [0.2, 0.25) is 0 Å². The first kappa shape index (κ1) is 43.1. The molecule has 0 unspecified atom stereocenters. The van der Waals surface area contributed by atoms with E-state index in [1.807, 2.05) is 0 Å². The zero-order chi connectivity index (χ0) is 2.00. The number of halogens is 2. The monoisotopic (exact) mass is 154 g/mol. The predicted molar refractivity (Wildman–Crippen MR) is 18.7 cm³/mol. The Hall–Kier alpha value is 2.04. The number of hydrogen-bond acceptors (Lipinski definition) is 2. The smallest absolute Gasteiger partial charge is 1.00 e. The minimum absolute atomic E-state index is 0. The second kappa shape index (κ2) is 61.7. The van der Waals surface area contributed by atoms with Crippen LogP contribution in [0.1, 0.15) is 0 Å². The van der Waals surface area contributed by atoms with Crippen LogP contribution in [0.15, 0.2) is 0 Å². The second-order valence-corrected chi connectivity index (χ2v) is 0. The average Bonchev–Trinajstić information content (AvgIpc) is 1.00. The Kier molecular flexibility index (Phi) is 443. The molecule has 0 amide bonds. The van der Waals surface area contributed by atoms with Gasteiger partial charge in [0.05, 0.1) is 0 Å². The summed E-state index contributed by atoms with van der Waals surface area (Å²) in [5.41, 5.74) is 0. The van der Waals surface area contributed by atoms with Crippen molar-refractivity contribution in [2.45, 2.75) is 0 Å². The van der Waals surface area contributed by atoms with Crippen LogP contribution in [-0.4, -0.2) is 7.72 Å². The maximum atomic E-state index is 7.75. The molecule has 0 aromatic carbocycles. The molecule has 0 fully saturated rings. The SMILES string of the molecule is Cl.N.[B]=O.[Cl-].[K+]. The normalized spacial score (nSPS) is 0.500. The van der Waals surface area contributed by atoms with Gasteiger partial charge in [0, 0.05) is 0 Å². The molecule has 0 aliphatic heterocycles. The number of rotatable bonds is 0. The first-order valence-corrected chi connectivity index (χ1v) is 0.236. The van der Waals surface area contributed by atoms with E-state index in [1.165, 1.54) is 0 Å². The molecule has 6 heavy (non-hydrogen) atoms. The van der Waals surface area contributed by atoms with E-state index >= 15 is 0 Å². The van der Waals surface area contributed by atoms with Crippen LogP contribution in [0.3, 0.4) is 0 Å². The summed E-state index contributed by atoms with van der Waals surface area (Å²) in [5.74, 6) is 0. The van der Waals surface area contributed by atoms with Gasteiger partial charge in [-0.05, 0) is 0 Å². The molecule has 0 spiro atoms. The van der Waals surface area contributed by atoms with Gasteiger partial charge in [-0.2, -0.15) is 0 Å². The molecule has 0 aliphatic carbocycles. The predicted octanol–water partition coefficient (Wildman–Crippen LogP) is -5.91. The van der Waals surface area contributed by atoms with Crippen LogP contribution in [0.5, 0.6) is 0 Å². The van der Waals surface area contributed by atoms with Crippen LogP contribution in [0, 0.1) is 0 Å². The summed E-state index contributed by atoms with van der Waals surface area (Å²) >= 11 is 0. The topological polar surface area (TPSA) is 52.1 Å². The fourth-order valence-electron chi connectivity index (χ4n) is 0. The Bertz CT molecular complexity index is 13.5. The van der Waals surface area contributed by atoms with Gasteiger partial charge in [-0.3, -0.25) is 0 Å². The average molecular weight is 155 g/mol. The van der Waals surface area contributed by atoms with Crippen LogP contribution in [0.2, 0.25) is 0 Å². The largest absolute Gasteiger partial charge is 1.00 e. The fourth-order valence-corrected chi connectivity index (χ4v) is 0. The maximum Gasteiger partial charge on any atom is 1.00 e. The van der Waals surface area contributed by atoms with Gasteiger partial charge in [-0.15, -0.1) is 12.4 Å². The van der Waals surface area contributed by atoms with Crippen molar-refractivity contribution in [2.24, 2.45) is 0 Å². The molecule has 0 rings (SSSR count). The number of hydrogen-bond donors (Lipinski definition) is 1. The fraction of sp³-hybridized carbons (Fsp3) is 0. The molecule has 0 saturated heterocycles. The summed E-state index contributed by atoms with van der Waals surface area (Å²) in [6.07, 6.45) is 0. The molecule has 33 valence electrons. The van der Waals surface area contributed by atoms with Crippen molar-refractivity contribution in [1.29, 1.82) is 0 Å². The van der Waals surface area contributed by atoms with Crippen molar-refractivity contribution >= 4 is 20.1 Å². The molecule has 0 aromatic heterocycles. The zero-order valence-corrected chi connectivity index (χ0v) is 8.17. The van der Waals surface area contributed by atoms with Gasteiger partial charge < -0.3 is 18.6 Å². The van der Waals surface area contributed by atoms with Gasteiger partial charge in [0.1, 0.15) is 0 Å². The van der Waals surface area contributed by atoms with Crippen molar-refractivity contribution in [2.75, 3.05) is 0 Å². The molecule has 0 bridgehead atoms. The van der Waals surface area contributed by atoms with Gasteiger partial charge in [0.15, 0.2) is 0 Å². The van der Waals surface area contributed by atoms with Crippen LogP contribution >= 0.6 is 12.4 Å². The van der Waals surface area contributed by atoms with Crippen molar-refractivity contribution in [3.8, 4) is 0 Å². The maximum absolute atomic E-state index is 7.75. The summed E-state index contributed by atoms with van der Waals surface area (Å²) in [5, 5.41) is 0. The molecule has 3 N–H and O–H groups in total. The van der Waals surface area contributed by atoms with E-state index in [2.05, 4.69) is 7.72 Å². The standard InChI is InChI=1S/BO.2ClH.K.H3N/c1-2;;;;/h;2*1H;;1H3/q;;;+1;/p-1.